The molecule has 3 rings (SSSR count). The third-order valence-corrected chi connectivity index (χ3v) is 3.92. The van der Waals surface area contributed by atoms with Crippen LogP contribution >= 0.6 is 0 Å². The molecule has 3 nitrogen and oxygen atoms in total. The fourth-order valence-electron chi connectivity index (χ4n) is 2.90. The molecule has 100 valence electrons. The first-order valence-corrected chi connectivity index (χ1v) is 7.13. The van der Waals surface area contributed by atoms with Crippen LogP contribution in [0.4, 0.5) is 5.82 Å². The van der Waals surface area contributed by atoms with E-state index in [-0.39, 0.29) is 0 Å². The zero-order chi connectivity index (χ0) is 13.1. The van der Waals surface area contributed by atoms with Crippen LogP contribution in [0.25, 0.3) is 10.8 Å². The summed E-state index contributed by atoms with van der Waals surface area (Å²) in [5.74, 6) is 1.09. The maximum Gasteiger partial charge on any atom is 0.136 e. The summed E-state index contributed by atoms with van der Waals surface area (Å²) in [6.45, 7) is 2.18. The van der Waals surface area contributed by atoms with Gasteiger partial charge in [-0.15, -0.1) is 0 Å². The summed E-state index contributed by atoms with van der Waals surface area (Å²) in [6, 6.07) is 11.1. The molecule has 0 bridgehead atoms. The predicted molar refractivity (Wildman–Crippen MR) is 80.7 cm³/mol. The SMILES string of the molecule is CN(CC1CCCCN1)c1nccc2ccccc12. The molecule has 0 spiro atoms. The average molecular weight is 255 g/mol. The number of hydrogen-bond acceptors (Lipinski definition) is 3. The minimum atomic E-state index is 0.597. The van der Waals surface area contributed by atoms with Gasteiger partial charge in [-0.1, -0.05) is 30.7 Å². The first-order chi connectivity index (χ1) is 9.34. The normalized spacial score (nSPS) is 19.5. The lowest BCUT2D eigenvalue weighted by atomic mass is 10.0. The van der Waals surface area contributed by atoms with E-state index in [9.17, 15) is 0 Å². The van der Waals surface area contributed by atoms with Crippen LogP contribution < -0.4 is 10.2 Å². The second kappa shape index (κ2) is 5.57. The summed E-state index contributed by atoms with van der Waals surface area (Å²) in [4.78, 5) is 6.85. The second-order valence-electron chi connectivity index (χ2n) is 5.38. The Hall–Kier alpha value is -1.61. The molecule has 19 heavy (non-hydrogen) atoms. The quantitative estimate of drug-likeness (QED) is 0.914. The molecule has 1 saturated heterocycles. The Labute approximate surface area is 114 Å². The molecule has 1 unspecified atom stereocenters. The number of anilines is 1. The number of aromatic nitrogens is 1. The Bertz CT molecular complexity index is 541. The number of fused-ring (bicyclic) bond motifs is 1. The van der Waals surface area contributed by atoms with Gasteiger partial charge in [0.15, 0.2) is 0 Å². The molecule has 1 fully saturated rings. The van der Waals surface area contributed by atoms with Gasteiger partial charge in [0.1, 0.15) is 5.82 Å². The van der Waals surface area contributed by atoms with Crippen LogP contribution in [0.1, 0.15) is 19.3 Å². The van der Waals surface area contributed by atoms with E-state index in [4.69, 9.17) is 0 Å². The van der Waals surface area contributed by atoms with Gasteiger partial charge in [-0.05, 0) is 30.8 Å². The topological polar surface area (TPSA) is 28.2 Å². The smallest absolute Gasteiger partial charge is 0.136 e. The fourth-order valence-corrected chi connectivity index (χ4v) is 2.90. The molecule has 1 aromatic carbocycles. The van der Waals surface area contributed by atoms with Crippen LogP contribution in [0.3, 0.4) is 0 Å². The summed E-state index contributed by atoms with van der Waals surface area (Å²) in [6.07, 6.45) is 5.83. The molecule has 1 aliphatic rings. The van der Waals surface area contributed by atoms with Gasteiger partial charge in [0.2, 0.25) is 0 Å². The van der Waals surface area contributed by atoms with Gasteiger partial charge < -0.3 is 10.2 Å². The molecule has 1 N–H and O–H groups in total. The summed E-state index contributed by atoms with van der Waals surface area (Å²) in [7, 11) is 2.14. The van der Waals surface area contributed by atoms with Gasteiger partial charge in [0.25, 0.3) is 0 Å². The van der Waals surface area contributed by atoms with E-state index in [1.807, 2.05) is 6.20 Å². The highest BCUT2D eigenvalue weighted by molar-refractivity contribution is 5.91. The third-order valence-electron chi connectivity index (χ3n) is 3.92. The van der Waals surface area contributed by atoms with Gasteiger partial charge in [0.05, 0.1) is 0 Å². The number of nitrogens with zero attached hydrogens (tertiary/aromatic N) is 2. The van der Waals surface area contributed by atoms with Crippen molar-refractivity contribution in [3.63, 3.8) is 0 Å². The molecule has 2 aromatic rings. The number of piperidine rings is 1. The maximum absolute atomic E-state index is 4.57. The highest BCUT2D eigenvalue weighted by Crippen LogP contribution is 2.23. The Morgan fingerprint density at radius 1 is 1.26 bits per heavy atom. The first-order valence-electron chi connectivity index (χ1n) is 7.13. The second-order valence-corrected chi connectivity index (χ2v) is 5.38. The van der Waals surface area contributed by atoms with E-state index in [0.29, 0.717) is 6.04 Å². The molecular weight excluding hydrogens is 234 g/mol. The van der Waals surface area contributed by atoms with E-state index in [0.717, 1.165) is 18.9 Å². The summed E-state index contributed by atoms with van der Waals surface area (Å²) in [5, 5.41) is 6.10. The first kappa shape index (κ1) is 12.4. The molecule has 1 atom stereocenters. The lowest BCUT2D eigenvalue weighted by molar-refractivity contribution is 0.403. The third kappa shape index (κ3) is 2.71. The number of hydrogen-bond donors (Lipinski definition) is 1. The van der Waals surface area contributed by atoms with Gasteiger partial charge in [-0.25, -0.2) is 4.98 Å². The molecule has 1 aromatic heterocycles. The van der Waals surface area contributed by atoms with Gasteiger partial charge in [-0.3, -0.25) is 0 Å². The highest BCUT2D eigenvalue weighted by Gasteiger charge is 2.16. The van der Waals surface area contributed by atoms with Crippen molar-refractivity contribution in [2.75, 3.05) is 25.0 Å². The van der Waals surface area contributed by atoms with Crippen molar-refractivity contribution in [2.24, 2.45) is 0 Å². The Balaban J connectivity index is 1.82. The molecular formula is C16H21N3. The summed E-state index contributed by atoms with van der Waals surface area (Å²) in [5.41, 5.74) is 0. The van der Waals surface area contributed by atoms with Crippen LogP contribution in [0.2, 0.25) is 0 Å². The fraction of sp³-hybridized carbons (Fsp3) is 0.438. The van der Waals surface area contributed by atoms with Crippen molar-refractivity contribution in [3.05, 3.63) is 36.5 Å². The maximum atomic E-state index is 4.57. The summed E-state index contributed by atoms with van der Waals surface area (Å²) < 4.78 is 0. The predicted octanol–water partition coefficient (Wildman–Crippen LogP) is 2.81. The van der Waals surface area contributed by atoms with E-state index >= 15 is 0 Å². The van der Waals surface area contributed by atoms with Crippen LogP contribution in [0.5, 0.6) is 0 Å². The molecule has 0 aliphatic carbocycles. The van der Waals surface area contributed by atoms with Crippen molar-refractivity contribution in [1.82, 2.24) is 10.3 Å². The van der Waals surface area contributed by atoms with E-state index in [1.54, 1.807) is 0 Å². The number of benzene rings is 1. The van der Waals surface area contributed by atoms with Crippen LogP contribution in [0, 0.1) is 0 Å². The number of likely N-dealkylation sites (N-methyl/N-ethyl adjacent to an activating group) is 1. The minimum absolute atomic E-state index is 0.597. The molecule has 0 radical (unpaired) electrons. The average Bonchev–Trinajstić information content (AvgIpc) is 2.47. The Morgan fingerprint density at radius 3 is 3.00 bits per heavy atom. The van der Waals surface area contributed by atoms with E-state index in [2.05, 4.69) is 52.6 Å². The summed E-state index contributed by atoms with van der Waals surface area (Å²) >= 11 is 0. The minimum Gasteiger partial charge on any atom is -0.358 e. The van der Waals surface area contributed by atoms with Crippen molar-refractivity contribution in [1.29, 1.82) is 0 Å². The van der Waals surface area contributed by atoms with E-state index < -0.39 is 0 Å². The standard InChI is InChI=1S/C16H21N3/c1-19(12-14-7-4-5-10-17-14)16-15-8-3-2-6-13(15)9-11-18-16/h2-3,6,8-9,11,14,17H,4-5,7,10,12H2,1H3. The zero-order valence-electron chi connectivity index (χ0n) is 11.5. The van der Waals surface area contributed by atoms with Crippen LogP contribution in [-0.2, 0) is 0 Å². The van der Waals surface area contributed by atoms with Crippen LogP contribution in [-0.4, -0.2) is 31.2 Å². The molecule has 0 amide bonds. The monoisotopic (exact) mass is 255 g/mol. The Kier molecular flexibility index (Phi) is 3.65. The highest BCUT2D eigenvalue weighted by atomic mass is 15.2. The molecule has 0 saturated carbocycles. The molecule has 2 heterocycles. The number of rotatable bonds is 3. The van der Waals surface area contributed by atoms with Crippen molar-refractivity contribution >= 4 is 16.6 Å². The largest absolute Gasteiger partial charge is 0.358 e. The number of nitrogens with one attached hydrogen (secondary N) is 1. The number of pyridine rings is 1. The van der Waals surface area contributed by atoms with Crippen LogP contribution in [0.15, 0.2) is 36.5 Å². The van der Waals surface area contributed by atoms with Gasteiger partial charge in [0, 0.05) is 31.2 Å². The Morgan fingerprint density at radius 2 is 2.16 bits per heavy atom. The molecule has 3 heteroatoms. The van der Waals surface area contributed by atoms with E-state index in [1.165, 1.54) is 30.0 Å². The van der Waals surface area contributed by atoms with Crippen molar-refractivity contribution < 1.29 is 0 Å². The van der Waals surface area contributed by atoms with Crippen molar-refractivity contribution in [2.45, 2.75) is 25.3 Å². The van der Waals surface area contributed by atoms with Gasteiger partial charge in [-0.2, -0.15) is 0 Å². The zero-order valence-corrected chi connectivity index (χ0v) is 11.5. The lowest BCUT2D eigenvalue weighted by Crippen LogP contribution is -2.42. The van der Waals surface area contributed by atoms with Gasteiger partial charge >= 0.3 is 0 Å². The van der Waals surface area contributed by atoms with Crippen molar-refractivity contribution in [3.8, 4) is 0 Å². The lowest BCUT2D eigenvalue weighted by Gasteiger charge is -2.29. The molecule has 1 aliphatic heterocycles.